The SMILES string of the molecule is Brc1ccc(-n2nc(-c3ccccc3)nc2-c2ccccc2)cc1. The van der Waals surface area contributed by atoms with Crippen LogP contribution in [0.2, 0.25) is 0 Å². The molecule has 0 aliphatic carbocycles. The van der Waals surface area contributed by atoms with Crippen LogP contribution in [0.5, 0.6) is 0 Å². The Kier molecular flexibility index (Phi) is 3.97. The molecule has 1 heterocycles. The molecule has 0 aliphatic heterocycles. The van der Waals surface area contributed by atoms with E-state index >= 15 is 0 Å². The second-order valence-corrected chi connectivity index (χ2v) is 6.29. The second-order valence-electron chi connectivity index (χ2n) is 5.38. The van der Waals surface area contributed by atoms with Crippen molar-refractivity contribution in [1.29, 1.82) is 0 Å². The van der Waals surface area contributed by atoms with Crippen molar-refractivity contribution in [3.05, 3.63) is 89.4 Å². The van der Waals surface area contributed by atoms with Crippen LogP contribution in [-0.2, 0) is 0 Å². The number of rotatable bonds is 3. The molecule has 24 heavy (non-hydrogen) atoms. The van der Waals surface area contributed by atoms with E-state index in [9.17, 15) is 0 Å². The molecule has 0 atom stereocenters. The van der Waals surface area contributed by atoms with Gasteiger partial charge in [0.05, 0.1) is 5.69 Å². The zero-order valence-electron chi connectivity index (χ0n) is 12.8. The lowest BCUT2D eigenvalue weighted by atomic mass is 10.2. The van der Waals surface area contributed by atoms with Crippen molar-refractivity contribution in [1.82, 2.24) is 14.8 Å². The van der Waals surface area contributed by atoms with Gasteiger partial charge in [0.1, 0.15) is 0 Å². The third-order valence-corrected chi connectivity index (χ3v) is 4.27. The number of halogens is 1. The maximum atomic E-state index is 4.79. The molecule has 4 aromatic rings. The first-order valence-electron chi connectivity index (χ1n) is 7.65. The topological polar surface area (TPSA) is 30.7 Å². The van der Waals surface area contributed by atoms with E-state index in [0.29, 0.717) is 0 Å². The summed E-state index contributed by atoms with van der Waals surface area (Å²) in [5.41, 5.74) is 3.02. The van der Waals surface area contributed by atoms with Crippen LogP contribution in [0.4, 0.5) is 0 Å². The molecule has 0 bridgehead atoms. The average Bonchev–Trinajstić information content (AvgIpc) is 3.09. The first-order valence-corrected chi connectivity index (χ1v) is 8.44. The molecule has 3 aromatic carbocycles. The number of hydrogen-bond acceptors (Lipinski definition) is 2. The third-order valence-electron chi connectivity index (χ3n) is 3.74. The Balaban J connectivity index is 1.90. The van der Waals surface area contributed by atoms with Gasteiger partial charge in [-0.1, -0.05) is 76.6 Å². The van der Waals surface area contributed by atoms with E-state index in [4.69, 9.17) is 10.1 Å². The smallest absolute Gasteiger partial charge is 0.182 e. The summed E-state index contributed by atoms with van der Waals surface area (Å²) in [5.74, 6) is 1.55. The monoisotopic (exact) mass is 375 g/mol. The summed E-state index contributed by atoms with van der Waals surface area (Å²) in [4.78, 5) is 4.79. The summed E-state index contributed by atoms with van der Waals surface area (Å²) in [5, 5.41) is 4.75. The summed E-state index contributed by atoms with van der Waals surface area (Å²) >= 11 is 3.48. The zero-order chi connectivity index (χ0) is 16.4. The molecule has 1 aromatic heterocycles. The van der Waals surface area contributed by atoms with E-state index in [1.807, 2.05) is 89.6 Å². The van der Waals surface area contributed by atoms with Gasteiger partial charge in [-0.25, -0.2) is 9.67 Å². The predicted molar refractivity (Wildman–Crippen MR) is 99.9 cm³/mol. The molecule has 116 valence electrons. The van der Waals surface area contributed by atoms with E-state index in [1.165, 1.54) is 0 Å². The number of aromatic nitrogens is 3. The van der Waals surface area contributed by atoms with E-state index in [-0.39, 0.29) is 0 Å². The Morgan fingerprint density at radius 3 is 1.88 bits per heavy atom. The van der Waals surface area contributed by atoms with Gasteiger partial charge in [-0.3, -0.25) is 0 Å². The van der Waals surface area contributed by atoms with Crippen LogP contribution in [0, 0.1) is 0 Å². The highest BCUT2D eigenvalue weighted by Crippen LogP contribution is 2.25. The van der Waals surface area contributed by atoms with Crippen LogP contribution in [0.3, 0.4) is 0 Å². The van der Waals surface area contributed by atoms with Crippen LogP contribution in [0.25, 0.3) is 28.5 Å². The van der Waals surface area contributed by atoms with Gasteiger partial charge >= 0.3 is 0 Å². The summed E-state index contributed by atoms with van der Waals surface area (Å²) < 4.78 is 2.93. The minimum absolute atomic E-state index is 0.720. The molecule has 0 radical (unpaired) electrons. The number of hydrogen-bond donors (Lipinski definition) is 0. The second kappa shape index (κ2) is 6.42. The summed E-state index contributed by atoms with van der Waals surface area (Å²) in [6.45, 7) is 0. The molecular weight excluding hydrogens is 362 g/mol. The lowest BCUT2D eigenvalue weighted by Crippen LogP contribution is -1.99. The van der Waals surface area contributed by atoms with Crippen molar-refractivity contribution in [2.24, 2.45) is 0 Å². The van der Waals surface area contributed by atoms with Crippen molar-refractivity contribution < 1.29 is 0 Å². The fourth-order valence-corrected chi connectivity index (χ4v) is 2.82. The Morgan fingerprint density at radius 2 is 1.25 bits per heavy atom. The van der Waals surface area contributed by atoms with Crippen molar-refractivity contribution in [2.45, 2.75) is 0 Å². The zero-order valence-corrected chi connectivity index (χ0v) is 14.4. The molecule has 0 amide bonds. The highest BCUT2D eigenvalue weighted by Gasteiger charge is 2.14. The van der Waals surface area contributed by atoms with Crippen LogP contribution in [0.15, 0.2) is 89.4 Å². The minimum Gasteiger partial charge on any atom is -0.213 e. The molecule has 0 saturated carbocycles. The van der Waals surface area contributed by atoms with Crippen molar-refractivity contribution in [3.8, 4) is 28.5 Å². The fourth-order valence-electron chi connectivity index (χ4n) is 2.56. The highest BCUT2D eigenvalue weighted by atomic mass is 79.9. The fraction of sp³-hybridized carbons (Fsp3) is 0. The van der Waals surface area contributed by atoms with E-state index in [2.05, 4.69) is 15.9 Å². The van der Waals surface area contributed by atoms with Crippen molar-refractivity contribution in [2.75, 3.05) is 0 Å². The van der Waals surface area contributed by atoms with Gasteiger partial charge < -0.3 is 0 Å². The molecule has 0 saturated heterocycles. The van der Waals surface area contributed by atoms with Gasteiger partial charge in [0.2, 0.25) is 0 Å². The van der Waals surface area contributed by atoms with Crippen LogP contribution < -0.4 is 0 Å². The van der Waals surface area contributed by atoms with Gasteiger partial charge in [0, 0.05) is 15.6 Å². The predicted octanol–water partition coefficient (Wildman–Crippen LogP) is 5.36. The Hall–Kier alpha value is -2.72. The first kappa shape index (κ1) is 14.8. The summed E-state index contributed by atoms with van der Waals surface area (Å²) in [6.07, 6.45) is 0. The average molecular weight is 376 g/mol. The molecule has 4 rings (SSSR count). The van der Waals surface area contributed by atoms with Crippen molar-refractivity contribution in [3.63, 3.8) is 0 Å². The molecule has 3 nitrogen and oxygen atoms in total. The summed E-state index contributed by atoms with van der Waals surface area (Å²) in [6, 6.07) is 28.2. The van der Waals surface area contributed by atoms with E-state index in [0.717, 1.165) is 32.9 Å². The quantitative estimate of drug-likeness (QED) is 0.482. The van der Waals surface area contributed by atoms with Crippen LogP contribution in [-0.4, -0.2) is 14.8 Å². The van der Waals surface area contributed by atoms with E-state index < -0.39 is 0 Å². The van der Waals surface area contributed by atoms with E-state index in [1.54, 1.807) is 0 Å². The minimum atomic E-state index is 0.720. The maximum Gasteiger partial charge on any atom is 0.182 e. The molecule has 0 unspecified atom stereocenters. The molecule has 0 spiro atoms. The lowest BCUT2D eigenvalue weighted by Gasteiger charge is -2.05. The first-order chi connectivity index (χ1) is 11.8. The lowest BCUT2D eigenvalue weighted by molar-refractivity contribution is 0.890. The molecule has 0 fully saturated rings. The van der Waals surface area contributed by atoms with Crippen molar-refractivity contribution >= 4 is 15.9 Å². The highest BCUT2D eigenvalue weighted by molar-refractivity contribution is 9.10. The molecular formula is C20H14BrN3. The Morgan fingerprint density at radius 1 is 0.667 bits per heavy atom. The van der Waals surface area contributed by atoms with Gasteiger partial charge in [-0.05, 0) is 24.3 Å². The normalized spacial score (nSPS) is 10.7. The standard InChI is InChI=1S/C20H14BrN3/c21-17-11-13-18(14-12-17)24-20(16-9-5-2-6-10-16)22-19(23-24)15-7-3-1-4-8-15/h1-14H. The molecule has 4 heteroatoms. The maximum absolute atomic E-state index is 4.79. The summed E-state index contributed by atoms with van der Waals surface area (Å²) in [7, 11) is 0. The largest absolute Gasteiger partial charge is 0.213 e. The van der Waals surface area contributed by atoms with Crippen LogP contribution in [0.1, 0.15) is 0 Å². The molecule has 0 aliphatic rings. The number of nitrogens with zero attached hydrogens (tertiary/aromatic N) is 3. The number of benzene rings is 3. The van der Waals surface area contributed by atoms with Gasteiger partial charge in [-0.2, -0.15) is 0 Å². The molecule has 0 N–H and O–H groups in total. The van der Waals surface area contributed by atoms with Gasteiger partial charge in [-0.15, -0.1) is 5.10 Å². The Bertz CT molecular complexity index is 945. The Labute approximate surface area is 148 Å². The third kappa shape index (κ3) is 2.88. The van der Waals surface area contributed by atoms with Gasteiger partial charge in [0.15, 0.2) is 11.6 Å². The van der Waals surface area contributed by atoms with Crippen LogP contribution >= 0.6 is 15.9 Å². The van der Waals surface area contributed by atoms with Gasteiger partial charge in [0.25, 0.3) is 0 Å².